The standard InChI is InChI=1S/C17H25NO2/c1-12-8-6-10-16(14(12)3)20-11-17(19)18-15-9-5-4-7-13(15)2/h6,8,10,13,15H,4-5,7,9,11H2,1-3H3,(H,18,19). The predicted octanol–water partition coefficient (Wildman–Crippen LogP) is 3.38. The van der Waals surface area contributed by atoms with E-state index in [1.165, 1.54) is 24.8 Å². The summed E-state index contributed by atoms with van der Waals surface area (Å²) >= 11 is 0. The molecule has 0 heterocycles. The first-order valence-corrected chi connectivity index (χ1v) is 7.56. The number of benzene rings is 1. The molecule has 1 aromatic rings. The molecule has 0 aromatic heterocycles. The van der Waals surface area contributed by atoms with E-state index in [2.05, 4.69) is 12.2 Å². The summed E-state index contributed by atoms with van der Waals surface area (Å²) < 4.78 is 5.64. The lowest BCUT2D eigenvalue weighted by Gasteiger charge is -2.29. The van der Waals surface area contributed by atoms with E-state index in [1.807, 2.05) is 32.0 Å². The third kappa shape index (κ3) is 3.75. The molecular weight excluding hydrogens is 250 g/mol. The Morgan fingerprint density at radius 3 is 2.80 bits per heavy atom. The van der Waals surface area contributed by atoms with Gasteiger partial charge in [0.1, 0.15) is 5.75 Å². The quantitative estimate of drug-likeness (QED) is 0.915. The average Bonchev–Trinajstić information content (AvgIpc) is 2.43. The molecule has 1 aliphatic rings. The maximum absolute atomic E-state index is 12.0. The molecule has 0 spiro atoms. The van der Waals surface area contributed by atoms with Gasteiger partial charge in [0.25, 0.3) is 5.91 Å². The number of rotatable bonds is 4. The fraction of sp³-hybridized carbons (Fsp3) is 0.588. The van der Waals surface area contributed by atoms with Crippen molar-refractivity contribution in [2.45, 2.75) is 52.5 Å². The molecule has 0 bridgehead atoms. The maximum Gasteiger partial charge on any atom is 0.258 e. The van der Waals surface area contributed by atoms with Gasteiger partial charge in [-0.15, -0.1) is 0 Å². The fourth-order valence-electron chi connectivity index (χ4n) is 2.80. The first-order chi connectivity index (χ1) is 9.58. The van der Waals surface area contributed by atoms with Gasteiger partial charge >= 0.3 is 0 Å². The molecule has 2 atom stereocenters. The van der Waals surface area contributed by atoms with Gasteiger partial charge < -0.3 is 10.1 Å². The zero-order chi connectivity index (χ0) is 14.5. The van der Waals surface area contributed by atoms with Crippen LogP contribution in [-0.2, 0) is 4.79 Å². The largest absolute Gasteiger partial charge is 0.483 e. The molecule has 0 aliphatic heterocycles. The van der Waals surface area contributed by atoms with E-state index in [-0.39, 0.29) is 12.5 Å². The summed E-state index contributed by atoms with van der Waals surface area (Å²) in [5, 5.41) is 3.11. The van der Waals surface area contributed by atoms with Crippen molar-refractivity contribution in [3.05, 3.63) is 29.3 Å². The molecule has 0 radical (unpaired) electrons. The van der Waals surface area contributed by atoms with Crippen molar-refractivity contribution in [3.8, 4) is 5.75 Å². The Kier molecular flexibility index (Phi) is 5.05. The topological polar surface area (TPSA) is 38.3 Å². The van der Waals surface area contributed by atoms with Crippen LogP contribution in [0.25, 0.3) is 0 Å². The van der Waals surface area contributed by atoms with Crippen molar-refractivity contribution in [2.24, 2.45) is 5.92 Å². The van der Waals surface area contributed by atoms with Crippen molar-refractivity contribution < 1.29 is 9.53 Å². The molecule has 2 rings (SSSR count). The smallest absolute Gasteiger partial charge is 0.258 e. The van der Waals surface area contributed by atoms with Gasteiger partial charge in [-0.1, -0.05) is 31.9 Å². The zero-order valence-corrected chi connectivity index (χ0v) is 12.7. The average molecular weight is 275 g/mol. The Balaban J connectivity index is 1.84. The van der Waals surface area contributed by atoms with Crippen molar-refractivity contribution in [3.63, 3.8) is 0 Å². The number of nitrogens with one attached hydrogen (secondary N) is 1. The minimum atomic E-state index is -0.00958. The summed E-state index contributed by atoms with van der Waals surface area (Å²) in [7, 11) is 0. The lowest BCUT2D eigenvalue weighted by Crippen LogP contribution is -2.43. The maximum atomic E-state index is 12.0. The molecule has 1 N–H and O–H groups in total. The van der Waals surface area contributed by atoms with Crippen molar-refractivity contribution >= 4 is 5.91 Å². The van der Waals surface area contributed by atoms with E-state index in [4.69, 9.17) is 4.74 Å². The van der Waals surface area contributed by atoms with Gasteiger partial charge in [0.15, 0.2) is 6.61 Å². The molecule has 0 saturated heterocycles. The monoisotopic (exact) mass is 275 g/mol. The van der Waals surface area contributed by atoms with Gasteiger partial charge in [0, 0.05) is 6.04 Å². The second kappa shape index (κ2) is 6.78. The number of hydrogen-bond acceptors (Lipinski definition) is 2. The zero-order valence-electron chi connectivity index (χ0n) is 12.7. The van der Waals surface area contributed by atoms with Crippen LogP contribution in [0.4, 0.5) is 0 Å². The van der Waals surface area contributed by atoms with Crippen LogP contribution in [0.15, 0.2) is 18.2 Å². The third-order valence-corrected chi connectivity index (χ3v) is 4.37. The lowest BCUT2D eigenvalue weighted by molar-refractivity contribution is -0.124. The van der Waals surface area contributed by atoms with Crippen LogP contribution in [0, 0.1) is 19.8 Å². The molecule has 3 heteroatoms. The molecule has 1 aliphatic carbocycles. The molecule has 20 heavy (non-hydrogen) atoms. The highest BCUT2D eigenvalue weighted by molar-refractivity contribution is 5.77. The third-order valence-electron chi connectivity index (χ3n) is 4.37. The van der Waals surface area contributed by atoms with Crippen LogP contribution in [0.2, 0.25) is 0 Å². The van der Waals surface area contributed by atoms with Gasteiger partial charge in [0.05, 0.1) is 0 Å². The number of hydrogen-bond donors (Lipinski definition) is 1. The van der Waals surface area contributed by atoms with Crippen molar-refractivity contribution in [1.82, 2.24) is 5.32 Å². The number of carbonyl (C=O) groups excluding carboxylic acids is 1. The van der Waals surface area contributed by atoms with Crippen molar-refractivity contribution in [1.29, 1.82) is 0 Å². The summed E-state index contributed by atoms with van der Waals surface area (Å²) in [6, 6.07) is 6.24. The van der Waals surface area contributed by atoms with E-state index in [0.29, 0.717) is 12.0 Å². The van der Waals surface area contributed by atoms with Gasteiger partial charge in [-0.05, 0) is 49.8 Å². The van der Waals surface area contributed by atoms with Crippen LogP contribution in [-0.4, -0.2) is 18.6 Å². The Bertz CT molecular complexity index is 470. The molecule has 3 nitrogen and oxygen atoms in total. The molecule has 110 valence electrons. The Morgan fingerprint density at radius 1 is 1.30 bits per heavy atom. The van der Waals surface area contributed by atoms with Crippen LogP contribution in [0.5, 0.6) is 5.75 Å². The van der Waals surface area contributed by atoms with Gasteiger partial charge in [-0.2, -0.15) is 0 Å². The summed E-state index contributed by atoms with van der Waals surface area (Å²) in [5.74, 6) is 1.37. The SMILES string of the molecule is Cc1cccc(OCC(=O)NC2CCCCC2C)c1C. The normalized spacial score (nSPS) is 22.4. The van der Waals surface area contributed by atoms with E-state index >= 15 is 0 Å². The number of carbonyl (C=O) groups is 1. The molecule has 1 amide bonds. The minimum absolute atomic E-state index is 0.00958. The first-order valence-electron chi connectivity index (χ1n) is 7.56. The van der Waals surface area contributed by atoms with E-state index < -0.39 is 0 Å². The summed E-state index contributed by atoms with van der Waals surface area (Å²) in [4.78, 5) is 12.0. The van der Waals surface area contributed by atoms with Crippen LogP contribution in [0.1, 0.15) is 43.7 Å². The molecule has 1 aromatic carbocycles. The van der Waals surface area contributed by atoms with Crippen molar-refractivity contribution in [2.75, 3.05) is 6.61 Å². The molecular formula is C17H25NO2. The minimum Gasteiger partial charge on any atom is -0.483 e. The first kappa shape index (κ1) is 14.9. The Morgan fingerprint density at radius 2 is 2.05 bits per heavy atom. The van der Waals surface area contributed by atoms with Gasteiger partial charge in [-0.3, -0.25) is 4.79 Å². The van der Waals surface area contributed by atoms with E-state index in [1.54, 1.807) is 0 Å². The fourth-order valence-corrected chi connectivity index (χ4v) is 2.80. The number of aryl methyl sites for hydroxylation is 1. The van der Waals surface area contributed by atoms with E-state index in [9.17, 15) is 4.79 Å². The van der Waals surface area contributed by atoms with Crippen LogP contribution < -0.4 is 10.1 Å². The molecule has 1 fully saturated rings. The summed E-state index contributed by atoms with van der Waals surface area (Å²) in [6.07, 6.45) is 4.80. The van der Waals surface area contributed by atoms with E-state index in [0.717, 1.165) is 17.7 Å². The molecule has 1 saturated carbocycles. The Labute approximate surface area is 121 Å². The lowest BCUT2D eigenvalue weighted by atomic mass is 9.86. The molecule has 2 unspecified atom stereocenters. The second-order valence-corrected chi connectivity index (χ2v) is 5.92. The summed E-state index contributed by atoms with van der Waals surface area (Å²) in [5.41, 5.74) is 2.29. The number of amides is 1. The summed E-state index contributed by atoms with van der Waals surface area (Å²) in [6.45, 7) is 6.39. The van der Waals surface area contributed by atoms with Crippen LogP contribution in [0.3, 0.4) is 0 Å². The second-order valence-electron chi connectivity index (χ2n) is 5.92. The van der Waals surface area contributed by atoms with Crippen LogP contribution >= 0.6 is 0 Å². The predicted molar refractivity (Wildman–Crippen MR) is 81.0 cm³/mol. The Hall–Kier alpha value is -1.51. The number of ether oxygens (including phenoxy) is 1. The highest BCUT2D eigenvalue weighted by Gasteiger charge is 2.22. The van der Waals surface area contributed by atoms with Gasteiger partial charge in [0.2, 0.25) is 0 Å². The highest BCUT2D eigenvalue weighted by Crippen LogP contribution is 2.24. The van der Waals surface area contributed by atoms with Gasteiger partial charge in [-0.25, -0.2) is 0 Å². The highest BCUT2D eigenvalue weighted by atomic mass is 16.5.